The molecule has 122 valence electrons. The van der Waals surface area contributed by atoms with Gasteiger partial charge in [0.1, 0.15) is 0 Å². The number of thioether (sulfide) groups is 1. The van der Waals surface area contributed by atoms with Crippen molar-refractivity contribution in [2.75, 3.05) is 39.2 Å². The first-order chi connectivity index (χ1) is 10.5. The van der Waals surface area contributed by atoms with Gasteiger partial charge >= 0.3 is 0 Å². The van der Waals surface area contributed by atoms with Crippen LogP contribution in [-0.2, 0) is 11.3 Å². The van der Waals surface area contributed by atoms with Gasteiger partial charge in [0.25, 0.3) is 0 Å². The van der Waals surface area contributed by atoms with Crippen molar-refractivity contribution in [1.82, 2.24) is 15.5 Å². The second kappa shape index (κ2) is 10.3. The highest BCUT2D eigenvalue weighted by Gasteiger charge is 2.05. The van der Waals surface area contributed by atoms with Gasteiger partial charge in [0.05, 0.1) is 13.1 Å². The first-order valence-corrected chi connectivity index (χ1v) is 8.76. The third-order valence-electron chi connectivity index (χ3n) is 2.84. The van der Waals surface area contributed by atoms with E-state index in [-0.39, 0.29) is 12.5 Å². The van der Waals surface area contributed by atoms with Gasteiger partial charge in [0, 0.05) is 31.4 Å². The molecule has 1 aromatic carbocycles. The highest BCUT2D eigenvalue weighted by atomic mass is 35.5. The molecule has 2 N–H and O–H groups in total. The second-order valence-electron chi connectivity index (χ2n) is 4.85. The normalized spacial score (nSPS) is 11.2. The highest BCUT2D eigenvalue weighted by molar-refractivity contribution is 7.98. The Balaban J connectivity index is 2.60. The lowest BCUT2D eigenvalue weighted by Gasteiger charge is -2.14. The van der Waals surface area contributed by atoms with Crippen LogP contribution in [0.15, 0.2) is 29.3 Å². The van der Waals surface area contributed by atoms with Crippen LogP contribution in [0.3, 0.4) is 0 Å². The van der Waals surface area contributed by atoms with E-state index in [1.807, 2.05) is 24.3 Å². The molecule has 0 aliphatic heterocycles. The van der Waals surface area contributed by atoms with E-state index in [0.29, 0.717) is 17.5 Å². The zero-order chi connectivity index (χ0) is 16.4. The Kier molecular flexibility index (Phi) is 8.77. The summed E-state index contributed by atoms with van der Waals surface area (Å²) in [5, 5.41) is 6.98. The average Bonchev–Trinajstić information content (AvgIpc) is 2.50. The first-order valence-electron chi connectivity index (χ1n) is 6.98. The zero-order valence-corrected chi connectivity index (χ0v) is 14.8. The van der Waals surface area contributed by atoms with Gasteiger partial charge in [-0.1, -0.05) is 23.7 Å². The summed E-state index contributed by atoms with van der Waals surface area (Å²) in [6.45, 7) is 1.55. The van der Waals surface area contributed by atoms with Crippen molar-refractivity contribution in [3.8, 4) is 0 Å². The van der Waals surface area contributed by atoms with Crippen molar-refractivity contribution in [2.24, 2.45) is 4.99 Å². The third kappa shape index (κ3) is 7.56. The smallest absolute Gasteiger partial charge is 0.241 e. The minimum Gasteiger partial charge on any atom is -0.356 e. The van der Waals surface area contributed by atoms with Gasteiger partial charge in [-0.25, -0.2) is 4.99 Å². The number of likely N-dealkylation sites (N-methyl/N-ethyl adjacent to an activating group) is 1. The van der Waals surface area contributed by atoms with Crippen molar-refractivity contribution < 1.29 is 4.79 Å². The predicted molar refractivity (Wildman–Crippen MR) is 95.7 cm³/mol. The second-order valence-corrected chi connectivity index (χ2v) is 6.27. The topological polar surface area (TPSA) is 56.7 Å². The first kappa shape index (κ1) is 18.6. The number of amides is 1. The monoisotopic (exact) mass is 342 g/mol. The van der Waals surface area contributed by atoms with Crippen LogP contribution in [0.1, 0.15) is 5.56 Å². The molecule has 0 bridgehead atoms. The van der Waals surface area contributed by atoms with Crippen LogP contribution in [-0.4, -0.2) is 56.0 Å². The van der Waals surface area contributed by atoms with Crippen LogP contribution in [0.2, 0.25) is 5.02 Å². The van der Waals surface area contributed by atoms with Crippen LogP contribution in [0.5, 0.6) is 0 Å². The zero-order valence-electron chi connectivity index (χ0n) is 13.2. The summed E-state index contributed by atoms with van der Waals surface area (Å²) in [5.74, 6) is 1.62. The molecule has 1 rings (SSSR count). The fourth-order valence-corrected chi connectivity index (χ4v) is 1.96. The van der Waals surface area contributed by atoms with Crippen molar-refractivity contribution >= 4 is 35.2 Å². The Labute approximate surface area is 141 Å². The molecular formula is C15H23ClN4OS. The molecule has 22 heavy (non-hydrogen) atoms. The van der Waals surface area contributed by atoms with Crippen LogP contribution >= 0.6 is 23.4 Å². The van der Waals surface area contributed by atoms with E-state index in [1.165, 1.54) is 0 Å². The molecule has 0 atom stereocenters. The van der Waals surface area contributed by atoms with Crippen molar-refractivity contribution in [2.45, 2.75) is 6.54 Å². The van der Waals surface area contributed by atoms with Gasteiger partial charge < -0.3 is 15.5 Å². The van der Waals surface area contributed by atoms with E-state index in [1.54, 1.807) is 30.8 Å². The summed E-state index contributed by atoms with van der Waals surface area (Å²) in [6.07, 6.45) is 2.05. The Bertz CT molecular complexity index is 491. The molecule has 0 spiro atoms. The molecule has 0 aliphatic rings. The lowest BCUT2D eigenvalue weighted by Crippen LogP contribution is -2.43. The Morgan fingerprint density at radius 1 is 1.27 bits per heavy atom. The molecule has 0 radical (unpaired) electrons. The molecule has 0 heterocycles. The Morgan fingerprint density at radius 2 is 1.95 bits per heavy atom. The molecule has 0 fully saturated rings. The molecule has 7 heteroatoms. The molecule has 0 saturated heterocycles. The number of nitrogens with one attached hydrogen (secondary N) is 2. The van der Waals surface area contributed by atoms with E-state index in [0.717, 1.165) is 17.9 Å². The van der Waals surface area contributed by atoms with Crippen LogP contribution in [0.25, 0.3) is 0 Å². The fourth-order valence-electron chi connectivity index (χ4n) is 1.52. The number of guanidine groups is 1. The maximum Gasteiger partial charge on any atom is 0.241 e. The third-order valence-corrected chi connectivity index (χ3v) is 3.70. The summed E-state index contributed by atoms with van der Waals surface area (Å²) in [7, 11) is 3.46. The number of nitrogens with zero attached hydrogens (tertiary/aromatic N) is 2. The molecule has 5 nitrogen and oxygen atoms in total. The minimum absolute atomic E-state index is 0.00543. The van der Waals surface area contributed by atoms with E-state index < -0.39 is 0 Å². The van der Waals surface area contributed by atoms with Crippen molar-refractivity contribution in [3.05, 3.63) is 34.9 Å². The fraction of sp³-hybridized carbons (Fsp3) is 0.467. The van der Waals surface area contributed by atoms with E-state index in [2.05, 4.69) is 21.9 Å². The SMILES string of the molecule is CSCCNC(=NCc1ccc(Cl)cc1)NCC(=O)N(C)C. The largest absolute Gasteiger partial charge is 0.356 e. The number of carbonyl (C=O) groups excluding carboxylic acids is 1. The maximum atomic E-state index is 11.7. The average molecular weight is 343 g/mol. The number of halogens is 1. The number of hydrogen-bond donors (Lipinski definition) is 2. The molecule has 1 amide bonds. The Morgan fingerprint density at radius 3 is 2.55 bits per heavy atom. The van der Waals surface area contributed by atoms with E-state index in [9.17, 15) is 4.79 Å². The molecule has 1 aromatic rings. The van der Waals surface area contributed by atoms with Gasteiger partial charge in [0.15, 0.2) is 5.96 Å². The Hall–Kier alpha value is -1.40. The van der Waals surface area contributed by atoms with Crippen molar-refractivity contribution in [3.63, 3.8) is 0 Å². The van der Waals surface area contributed by atoms with Gasteiger partial charge in [-0.3, -0.25) is 4.79 Å². The van der Waals surface area contributed by atoms with Crippen LogP contribution in [0.4, 0.5) is 0 Å². The number of carbonyl (C=O) groups is 1. The lowest BCUT2D eigenvalue weighted by atomic mass is 10.2. The molecule has 0 aromatic heterocycles. The van der Waals surface area contributed by atoms with Gasteiger partial charge in [-0.05, 0) is 24.0 Å². The predicted octanol–water partition coefficient (Wildman–Crippen LogP) is 1.83. The molecule has 0 unspecified atom stereocenters. The molecule has 0 saturated carbocycles. The molecular weight excluding hydrogens is 320 g/mol. The maximum absolute atomic E-state index is 11.7. The summed E-state index contributed by atoms with van der Waals surface area (Å²) < 4.78 is 0. The number of rotatable bonds is 7. The number of hydrogen-bond acceptors (Lipinski definition) is 3. The quantitative estimate of drug-likeness (QED) is 0.451. The van der Waals surface area contributed by atoms with Crippen molar-refractivity contribution in [1.29, 1.82) is 0 Å². The number of benzene rings is 1. The van der Waals surface area contributed by atoms with Gasteiger partial charge in [-0.2, -0.15) is 11.8 Å². The summed E-state index contributed by atoms with van der Waals surface area (Å²) in [4.78, 5) is 17.7. The minimum atomic E-state index is 0.00543. The standard InChI is InChI=1S/C15H23ClN4OS/c1-20(2)14(21)11-19-15(17-8-9-22-3)18-10-12-4-6-13(16)7-5-12/h4-7H,8-11H2,1-3H3,(H2,17,18,19). The lowest BCUT2D eigenvalue weighted by molar-refractivity contribution is -0.127. The summed E-state index contributed by atoms with van der Waals surface area (Å²) in [6, 6.07) is 7.57. The van der Waals surface area contributed by atoms with Crippen LogP contribution in [0, 0.1) is 0 Å². The number of aliphatic imine (C=N–C) groups is 1. The van der Waals surface area contributed by atoms with E-state index >= 15 is 0 Å². The van der Waals surface area contributed by atoms with E-state index in [4.69, 9.17) is 11.6 Å². The molecule has 0 aliphatic carbocycles. The highest BCUT2D eigenvalue weighted by Crippen LogP contribution is 2.10. The van der Waals surface area contributed by atoms with Gasteiger partial charge in [-0.15, -0.1) is 0 Å². The summed E-state index contributed by atoms with van der Waals surface area (Å²) in [5.41, 5.74) is 1.06. The van der Waals surface area contributed by atoms with Gasteiger partial charge in [0.2, 0.25) is 5.91 Å². The summed E-state index contributed by atoms with van der Waals surface area (Å²) >= 11 is 7.62. The van der Waals surface area contributed by atoms with Crippen LogP contribution < -0.4 is 10.6 Å².